The molecule has 2 aromatic rings. The zero-order valence-corrected chi connectivity index (χ0v) is 17.7. The average molecular weight is 433 g/mol. The highest BCUT2D eigenvalue weighted by atomic mass is 32.2. The summed E-state index contributed by atoms with van der Waals surface area (Å²) in [6, 6.07) is 4.54. The van der Waals surface area contributed by atoms with Crippen LogP contribution in [0, 0.1) is 5.82 Å². The van der Waals surface area contributed by atoms with E-state index in [1.165, 1.54) is 18.5 Å². The van der Waals surface area contributed by atoms with Gasteiger partial charge in [-0.15, -0.1) is 0 Å². The van der Waals surface area contributed by atoms with Crippen LogP contribution in [-0.4, -0.2) is 35.6 Å². The fraction of sp³-hybridized carbons (Fsp3) is 0.333. The van der Waals surface area contributed by atoms with E-state index in [0.717, 1.165) is 0 Å². The number of nitrogen functional groups attached to an aromatic ring is 1. The largest absolute Gasteiger partial charge is 0.394 e. The lowest BCUT2D eigenvalue weighted by molar-refractivity contribution is 0.191. The number of rotatable bonds is 7. The summed E-state index contributed by atoms with van der Waals surface area (Å²) < 4.78 is 43.6. The Morgan fingerprint density at radius 1 is 1.20 bits per heavy atom. The maximum absolute atomic E-state index is 14.9. The van der Waals surface area contributed by atoms with Gasteiger partial charge < -0.3 is 10.8 Å². The Bertz CT molecular complexity index is 1090. The second-order valence-electron chi connectivity index (χ2n) is 7.47. The van der Waals surface area contributed by atoms with Gasteiger partial charge in [-0.3, -0.25) is 0 Å². The van der Waals surface area contributed by atoms with Crippen LogP contribution in [0.2, 0.25) is 0 Å². The van der Waals surface area contributed by atoms with Crippen molar-refractivity contribution in [2.45, 2.75) is 38.6 Å². The molecular formula is C21H25FN4O3S. The van der Waals surface area contributed by atoms with E-state index in [9.17, 15) is 17.9 Å². The third kappa shape index (κ3) is 4.58. The van der Waals surface area contributed by atoms with E-state index in [1.54, 1.807) is 38.1 Å². The van der Waals surface area contributed by atoms with Gasteiger partial charge in [0.25, 0.3) is 0 Å². The molecule has 4 N–H and O–H groups in total. The molecule has 9 heteroatoms. The summed E-state index contributed by atoms with van der Waals surface area (Å²) in [7, 11) is -3.92. The number of aliphatic hydroxyl groups excluding tert-OH is 1. The predicted octanol–water partition coefficient (Wildman–Crippen LogP) is 3.01. The Hall–Kier alpha value is -2.62. The van der Waals surface area contributed by atoms with Crippen LogP contribution in [0.1, 0.15) is 38.7 Å². The van der Waals surface area contributed by atoms with Crippen molar-refractivity contribution in [2.75, 3.05) is 12.3 Å². The Kier molecular flexibility index (Phi) is 6.35. The van der Waals surface area contributed by atoms with Crippen LogP contribution in [0.4, 0.5) is 10.3 Å². The molecule has 30 heavy (non-hydrogen) atoms. The van der Waals surface area contributed by atoms with Gasteiger partial charge in [0.05, 0.1) is 17.1 Å². The maximum atomic E-state index is 14.9. The predicted molar refractivity (Wildman–Crippen MR) is 115 cm³/mol. The monoisotopic (exact) mass is 432 g/mol. The molecule has 0 spiro atoms. The minimum absolute atomic E-state index is 0.0878. The van der Waals surface area contributed by atoms with Crippen LogP contribution < -0.4 is 10.5 Å². The first-order valence-corrected chi connectivity index (χ1v) is 11.1. The van der Waals surface area contributed by atoms with Gasteiger partial charge in [-0.25, -0.2) is 27.5 Å². The van der Waals surface area contributed by atoms with Crippen LogP contribution in [-0.2, 0) is 10.0 Å². The summed E-state index contributed by atoms with van der Waals surface area (Å²) in [5.41, 5.74) is 6.14. The highest BCUT2D eigenvalue weighted by molar-refractivity contribution is 7.94. The zero-order chi connectivity index (χ0) is 21.9. The lowest BCUT2D eigenvalue weighted by Crippen LogP contribution is -2.48. The Balaban J connectivity index is 1.96. The number of halogens is 1. The summed E-state index contributed by atoms with van der Waals surface area (Å²) in [5, 5.41) is 9.59. The number of nitrogens with one attached hydrogen (secondary N) is 1. The topological polar surface area (TPSA) is 118 Å². The molecule has 3 rings (SSSR count). The number of benzene rings is 1. The second-order valence-corrected chi connectivity index (χ2v) is 9.12. The molecule has 0 saturated heterocycles. The SMILES string of the molecule is CC[C@](C)(CO)NS(=O)(=O)C1=CCCC=C1c1ccc(-c2cnc(N)nc2)c(F)c1. The third-order valence-electron chi connectivity index (χ3n) is 5.17. The van der Waals surface area contributed by atoms with E-state index in [1.807, 2.05) is 0 Å². The van der Waals surface area contributed by atoms with Crippen LogP contribution in [0.25, 0.3) is 16.7 Å². The fourth-order valence-electron chi connectivity index (χ4n) is 3.16. The molecule has 160 valence electrons. The first kappa shape index (κ1) is 22.1. The van der Waals surface area contributed by atoms with Gasteiger partial charge in [0.15, 0.2) is 0 Å². The van der Waals surface area contributed by atoms with Crippen LogP contribution in [0.15, 0.2) is 47.6 Å². The molecule has 1 aromatic heterocycles. The molecule has 1 heterocycles. The number of anilines is 1. The van der Waals surface area contributed by atoms with Crippen molar-refractivity contribution in [3.8, 4) is 11.1 Å². The van der Waals surface area contributed by atoms with Crippen molar-refractivity contribution < 1.29 is 17.9 Å². The molecule has 1 aromatic carbocycles. The van der Waals surface area contributed by atoms with Crippen molar-refractivity contribution in [3.05, 3.63) is 59.0 Å². The van der Waals surface area contributed by atoms with E-state index in [4.69, 9.17) is 5.73 Å². The molecule has 0 bridgehead atoms. The maximum Gasteiger partial charge on any atom is 0.241 e. The minimum Gasteiger partial charge on any atom is -0.394 e. The summed E-state index contributed by atoms with van der Waals surface area (Å²) in [6.07, 6.45) is 7.91. The molecule has 0 aliphatic heterocycles. The molecule has 0 radical (unpaired) electrons. The molecule has 7 nitrogen and oxygen atoms in total. The minimum atomic E-state index is -3.92. The molecular weight excluding hydrogens is 407 g/mol. The molecule has 0 saturated carbocycles. The molecule has 0 amide bonds. The van der Waals surface area contributed by atoms with Crippen molar-refractivity contribution in [3.63, 3.8) is 0 Å². The quantitative estimate of drug-likeness (QED) is 0.619. The number of hydrogen-bond acceptors (Lipinski definition) is 6. The molecule has 0 fully saturated rings. The van der Waals surface area contributed by atoms with Crippen LogP contribution in [0.5, 0.6) is 0 Å². The smallest absolute Gasteiger partial charge is 0.241 e. The van der Waals surface area contributed by atoms with Gasteiger partial charge >= 0.3 is 0 Å². The summed E-state index contributed by atoms with van der Waals surface area (Å²) in [5.74, 6) is -0.427. The van der Waals surface area contributed by atoms with Crippen LogP contribution >= 0.6 is 0 Å². The molecule has 1 aliphatic carbocycles. The fourth-order valence-corrected chi connectivity index (χ4v) is 4.95. The Morgan fingerprint density at radius 3 is 2.47 bits per heavy atom. The highest BCUT2D eigenvalue weighted by Crippen LogP contribution is 2.34. The lowest BCUT2D eigenvalue weighted by atomic mass is 9.97. The first-order valence-electron chi connectivity index (χ1n) is 9.62. The second kappa shape index (κ2) is 8.63. The Labute approximate surface area is 175 Å². The number of allylic oxidation sites excluding steroid dienone is 3. The average Bonchev–Trinajstić information content (AvgIpc) is 2.74. The van der Waals surface area contributed by atoms with Crippen LogP contribution in [0.3, 0.4) is 0 Å². The summed E-state index contributed by atoms with van der Waals surface area (Å²) >= 11 is 0. The zero-order valence-electron chi connectivity index (χ0n) is 16.9. The Morgan fingerprint density at radius 2 is 1.87 bits per heavy atom. The van der Waals surface area contributed by atoms with E-state index in [-0.39, 0.29) is 17.5 Å². The molecule has 1 atom stereocenters. The van der Waals surface area contributed by atoms with Crippen molar-refractivity contribution in [2.24, 2.45) is 0 Å². The number of nitrogens with two attached hydrogens (primary N) is 1. The number of nitrogens with zero attached hydrogens (tertiary/aromatic N) is 2. The van der Waals surface area contributed by atoms with Gasteiger partial charge in [-0.1, -0.05) is 31.2 Å². The first-order chi connectivity index (χ1) is 14.2. The van der Waals surface area contributed by atoms with Gasteiger partial charge in [0.1, 0.15) is 5.82 Å². The number of aliphatic hydroxyl groups is 1. The highest BCUT2D eigenvalue weighted by Gasteiger charge is 2.32. The lowest BCUT2D eigenvalue weighted by Gasteiger charge is -2.28. The van der Waals surface area contributed by atoms with E-state index < -0.39 is 21.4 Å². The van der Waals surface area contributed by atoms with Crippen molar-refractivity contribution >= 4 is 21.5 Å². The number of aromatic nitrogens is 2. The standard InChI is InChI=1S/C21H25FN4O3S/c1-3-21(2,13-27)26-30(28,29)19-7-5-4-6-17(19)14-8-9-16(18(22)10-14)15-11-24-20(23)25-12-15/h6-12,26-27H,3-5,13H2,1-2H3,(H2,23,24,25)/t21-/m1/s1. The number of sulfonamides is 1. The van der Waals surface area contributed by atoms with Gasteiger partial charge in [0, 0.05) is 23.5 Å². The normalized spacial score (nSPS) is 16.5. The van der Waals surface area contributed by atoms with Gasteiger partial charge in [-0.2, -0.15) is 0 Å². The van der Waals surface area contributed by atoms with Crippen molar-refractivity contribution in [1.29, 1.82) is 0 Å². The third-order valence-corrected chi connectivity index (χ3v) is 6.90. The van der Waals surface area contributed by atoms with E-state index >= 15 is 0 Å². The number of hydrogen-bond donors (Lipinski definition) is 3. The van der Waals surface area contributed by atoms with Gasteiger partial charge in [-0.05, 0) is 43.4 Å². The van der Waals surface area contributed by atoms with Gasteiger partial charge in [0.2, 0.25) is 16.0 Å². The summed E-state index contributed by atoms with van der Waals surface area (Å²) in [6.45, 7) is 3.10. The summed E-state index contributed by atoms with van der Waals surface area (Å²) in [4.78, 5) is 7.84. The van der Waals surface area contributed by atoms with E-state index in [0.29, 0.717) is 41.5 Å². The van der Waals surface area contributed by atoms with Crippen molar-refractivity contribution in [1.82, 2.24) is 14.7 Å². The molecule has 0 unspecified atom stereocenters. The van der Waals surface area contributed by atoms with E-state index in [2.05, 4.69) is 14.7 Å². The molecule has 1 aliphatic rings.